The summed E-state index contributed by atoms with van der Waals surface area (Å²) in [6, 6.07) is 7.93. The fourth-order valence-electron chi connectivity index (χ4n) is 4.93. The first-order valence-electron chi connectivity index (χ1n) is 11.9. The minimum Gasteiger partial charge on any atom is -0.458 e. The molecular weight excluding hydrogens is 420 g/mol. The van der Waals surface area contributed by atoms with Gasteiger partial charge < -0.3 is 8.92 Å². The van der Waals surface area contributed by atoms with Crippen molar-refractivity contribution in [3.63, 3.8) is 0 Å². The van der Waals surface area contributed by atoms with Crippen molar-refractivity contribution in [2.24, 2.45) is 22.7 Å². The molecule has 0 amide bonds. The summed E-state index contributed by atoms with van der Waals surface area (Å²) in [6.07, 6.45) is 5.68. The topological polar surface area (TPSA) is 52.6 Å². The lowest BCUT2D eigenvalue weighted by atomic mass is 9.59. The third-order valence-electron chi connectivity index (χ3n) is 7.52. The lowest BCUT2D eigenvalue weighted by Crippen LogP contribution is -2.52. The number of rotatable bonds is 10. The predicted octanol–water partition coefficient (Wildman–Crippen LogP) is 7.18. The summed E-state index contributed by atoms with van der Waals surface area (Å²) in [7, 11) is 0. The predicted molar refractivity (Wildman–Crippen MR) is 131 cm³/mol. The van der Waals surface area contributed by atoms with Gasteiger partial charge in [0.1, 0.15) is 16.8 Å². The fourth-order valence-corrected chi connectivity index (χ4v) is 5.60. The molecule has 0 N–H and O–H groups in total. The van der Waals surface area contributed by atoms with E-state index in [4.69, 9.17) is 8.92 Å². The number of esters is 1. The first-order valence-corrected chi connectivity index (χ1v) is 12.7. The van der Waals surface area contributed by atoms with E-state index in [9.17, 15) is 9.59 Å². The largest absolute Gasteiger partial charge is 0.458 e. The van der Waals surface area contributed by atoms with Crippen molar-refractivity contribution in [2.45, 2.75) is 98.0 Å². The van der Waals surface area contributed by atoms with E-state index < -0.39 is 17.0 Å². The molecule has 0 aliphatic heterocycles. The number of hydrogen-bond acceptors (Lipinski definition) is 5. The first-order chi connectivity index (χ1) is 14.8. The van der Waals surface area contributed by atoms with Gasteiger partial charge in [0.2, 0.25) is 0 Å². The van der Waals surface area contributed by atoms with Gasteiger partial charge in [0.15, 0.2) is 0 Å². The molecule has 2 rings (SSSR count). The molecule has 1 aromatic rings. The van der Waals surface area contributed by atoms with Crippen molar-refractivity contribution in [2.75, 3.05) is 6.61 Å². The molecule has 0 heterocycles. The second-order valence-electron chi connectivity index (χ2n) is 10.9. The number of carbonyl (C=O) groups excluding carboxylic acids is 2. The highest BCUT2D eigenvalue weighted by Crippen LogP contribution is 2.51. The van der Waals surface area contributed by atoms with E-state index in [1.54, 1.807) is 6.92 Å². The maximum atomic E-state index is 13.4. The Balaban J connectivity index is 2.10. The Bertz CT molecular complexity index is 787. The maximum absolute atomic E-state index is 13.4. The lowest BCUT2D eigenvalue weighted by molar-refractivity contribution is -0.189. The average molecular weight is 463 g/mol. The molecule has 1 fully saturated rings. The Kier molecular flexibility index (Phi) is 9.03. The molecule has 5 heteroatoms. The van der Waals surface area contributed by atoms with Crippen LogP contribution in [0.2, 0.25) is 0 Å². The molecule has 0 aromatic heterocycles. The summed E-state index contributed by atoms with van der Waals surface area (Å²) in [5.74, 6) is 0.511. The van der Waals surface area contributed by atoms with E-state index in [0.29, 0.717) is 11.8 Å². The molecule has 0 bridgehead atoms. The fraction of sp³-hybridized carbons (Fsp3) is 0.704. The molecule has 0 saturated heterocycles. The average Bonchev–Trinajstić information content (AvgIpc) is 2.68. The van der Waals surface area contributed by atoms with Crippen LogP contribution in [0.1, 0.15) is 86.1 Å². The normalized spacial score (nSPS) is 25.8. The Labute approximate surface area is 199 Å². The van der Waals surface area contributed by atoms with E-state index in [0.717, 1.165) is 17.7 Å². The van der Waals surface area contributed by atoms with Crippen LogP contribution in [0.5, 0.6) is 0 Å². The van der Waals surface area contributed by atoms with Crippen molar-refractivity contribution >= 4 is 23.8 Å². The minimum atomic E-state index is -1.34. The number of ether oxygens (including phenoxy) is 1. The van der Waals surface area contributed by atoms with Gasteiger partial charge in [0, 0.05) is 22.4 Å². The molecule has 1 saturated carbocycles. The highest BCUT2D eigenvalue weighted by molar-refractivity contribution is 7.94. The molecule has 4 nitrogen and oxygen atoms in total. The standard InChI is InChI=1S/C27H42O4S/c1-9-10-22-15-20(3)16-26(7,17-22)25(5,6)31-24(29)27(8,21(4)28)18-30-32-23-13-11-19(2)12-14-23/h11-14,20,22H,9-10,15-18H2,1-8H3. The molecule has 1 aliphatic carbocycles. The van der Waals surface area contributed by atoms with E-state index in [1.807, 2.05) is 45.0 Å². The van der Waals surface area contributed by atoms with E-state index in [2.05, 4.69) is 20.8 Å². The molecule has 1 aliphatic rings. The molecule has 180 valence electrons. The number of ketones is 1. The molecule has 1 aromatic carbocycles. The SMILES string of the molecule is CCCC1CC(C)CC(C)(C(C)(C)OC(=O)C(C)(COSc2ccc(C)cc2)C(C)=O)C1. The van der Waals surface area contributed by atoms with Crippen LogP contribution in [-0.4, -0.2) is 24.0 Å². The Morgan fingerprint density at radius 3 is 2.34 bits per heavy atom. The summed E-state index contributed by atoms with van der Waals surface area (Å²) < 4.78 is 11.9. The molecular formula is C27H42O4S. The van der Waals surface area contributed by atoms with Gasteiger partial charge in [0.25, 0.3) is 0 Å². The highest BCUT2D eigenvalue weighted by Gasteiger charge is 2.51. The Morgan fingerprint density at radius 1 is 1.16 bits per heavy atom. The second kappa shape index (κ2) is 10.7. The van der Waals surface area contributed by atoms with E-state index in [1.165, 1.54) is 43.8 Å². The third-order valence-corrected chi connectivity index (χ3v) is 8.22. The quantitative estimate of drug-likeness (QED) is 0.209. The van der Waals surface area contributed by atoms with Crippen molar-refractivity contribution in [3.05, 3.63) is 29.8 Å². The van der Waals surface area contributed by atoms with Gasteiger partial charge in [0.05, 0.1) is 6.61 Å². The molecule has 0 radical (unpaired) electrons. The van der Waals surface area contributed by atoms with Crippen LogP contribution in [0.15, 0.2) is 29.2 Å². The number of benzene rings is 1. The lowest BCUT2D eigenvalue weighted by Gasteiger charge is -2.50. The summed E-state index contributed by atoms with van der Waals surface area (Å²) >= 11 is 1.18. The van der Waals surface area contributed by atoms with Crippen LogP contribution in [0.3, 0.4) is 0 Å². The van der Waals surface area contributed by atoms with Gasteiger partial charge in [-0.3, -0.25) is 9.59 Å². The zero-order valence-electron chi connectivity index (χ0n) is 21.2. The van der Waals surface area contributed by atoms with Gasteiger partial charge in [-0.2, -0.15) is 0 Å². The van der Waals surface area contributed by atoms with Gasteiger partial charge in [-0.1, -0.05) is 51.3 Å². The monoisotopic (exact) mass is 462 g/mol. The second-order valence-corrected chi connectivity index (χ2v) is 11.8. The van der Waals surface area contributed by atoms with Crippen LogP contribution >= 0.6 is 12.0 Å². The summed E-state index contributed by atoms with van der Waals surface area (Å²) in [6.45, 7) is 15.9. The van der Waals surface area contributed by atoms with Gasteiger partial charge >= 0.3 is 5.97 Å². The van der Waals surface area contributed by atoms with Crippen LogP contribution in [0.4, 0.5) is 0 Å². The van der Waals surface area contributed by atoms with Gasteiger partial charge in [-0.05, 0) is 77.8 Å². The highest BCUT2D eigenvalue weighted by atomic mass is 32.2. The van der Waals surface area contributed by atoms with Crippen molar-refractivity contribution in [3.8, 4) is 0 Å². The first kappa shape index (κ1) is 26.9. The zero-order valence-corrected chi connectivity index (χ0v) is 22.1. The van der Waals surface area contributed by atoms with Gasteiger partial charge in [-0.15, -0.1) is 0 Å². The van der Waals surface area contributed by atoms with Crippen molar-refractivity contribution < 1.29 is 18.5 Å². The zero-order chi connectivity index (χ0) is 24.2. The van der Waals surface area contributed by atoms with Crippen LogP contribution in [0, 0.1) is 29.6 Å². The summed E-state index contributed by atoms with van der Waals surface area (Å²) in [4.78, 5) is 26.8. The molecule has 4 unspecified atom stereocenters. The number of carbonyl (C=O) groups is 2. The van der Waals surface area contributed by atoms with Crippen molar-refractivity contribution in [1.82, 2.24) is 0 Å². The maximum Gasteiger partial charge on any atom is 0.322 e. The molecule has 0 spiro atoms. The van der Waals surface area contributed by atoms with Crippen LogP contribution in [-0.2, 0) is 18.5 Å². The van der Waals surface area contributed by atoms with Crippen molar-refractivity contribution in [1.29, 1.82) is 0 Å². The van der Waals surface area contributed by atoms with E-state index >= 15 is 0 Å². The number of aryl methyl sites for hydroxylation is 1. The Hall–Kier alpha value is -1.33. The molecule has 4 atom stereocenters. The Morgan fingerprint density at radius 2 is 1.78 bits per heavy atom. The van der Waals surface area contributed by atoms with Crippen LogP contribution in [0.25, 0.3) is 0 Å². The number of Topliss-reactive ketones (excluding diaryl/α,β-unsaturated/α-hetero) is 1. The summed E-state index contributed by atoms with van der Waals surface area (Å²) in [5.41, 5.74) is -0.976. The molecule has 32 heavy (non-hydrogen) atoms. The van der Waals surface area contributed by atoms with E-state index in [-0.39, 0.29) is 17.8 Å². The third kappa shape index (κ3) is 6.38. The smallest absolute Gasteiger partial charge is 0.322 e. The summed E-state index contributed by atoms with van der Waals surface area (Å²) in [5, 5.41) is 0. The van der Waals surface area contributed by atoms with Gasteiger partial charge in [-0.25, -0.2) is 0 Å². The number of hydrogen-bond donors (Lipinski definition) is 0. The van der Waals surface area contributed by atoms with Crippen LogP contribution < -0.4 is 0 Å². The minimum absolute atomic E-state index is 0.0264.